The first-order valence-electron chi connectivity index (χ1n) is 5.45. The zero-order valence-electron chi connectivity index (χ0n) is 9.75. The minimum absolute atomic E-state index is 0.210. The van der Waals surface area contributed by atoms with Crippen molar-refractivity contribution < 1.29 is 14.4 Å². The lowest BCUT2D eigenvalue weighted by Gasteiger charge is -2.03. The van der Waals surface area contributed by atoms with Crippen molar-refractivity contribution in [2.75, 3.05) is 6.61 Å². The third kappa shape index (κ3) is 2.62. The molecule has 0 saturated heterocycles. The summed E-state index contributed by atoms with van der Waals surface area (Å²) < 4.78 is 10.3. The highest BCUT2D eigenvalue weighted by Gasteiger charge is 2.12. The maximum Gasteiger partial charge on any atom is 0.255 e. The maximum absolute atomic E-state index is 9.30. The molecule has 5 heteroatoms. The fraction of sp³-hybridized carbons (Fsp3) is 0.333. The second-order valence-electron chi connectivity index (χ2n) is 3.59. The minimum atomic E-state index is -0.758. The van der Waals surface area contributed by atoms with Crippen LogP contribution in [0.2, 0.25) is 0 Å². The average Bonchev–Trinajstić information content (AvgIpc) is 2.79. The largest absolute Gasteiger partial charge is 0.494 e. The Balaban J connectivity index is 2.28. The lowest BCUT2D eigenvalue weighted by atomic mass is 10.2. The summed E-state index contributed by atoms with van der Waals surface area (Å²) in [5.74, 6) is 1.41. The highest BCUT2D eigenvalue weighted by atomic mass is 16.5. The highest BCUT2D eigenvalue weighted by molar-refractivity contribution is 5.56. The molecule has 1 atom stereocenters. The van der Waals surface area contributed by atoms with E-state index in [0.29, 0.717) is 12.4 Å². The number of aromatic nitrogens is 2. The number of ether oxygens (including phenoxy) is 1. The SMILES string of the molecule is CCOc1cccc(-c2noc(C(C)O)n2)c1. The molecule has 0 bridgehead atoms. The van der Waals surface area contributed by atoms with E-state index in [1.54, 1.807) is 6.92 Å². The van der Waals surface area contributed by atoms with Gasteiger partial charge in [0.1, 0.15) is 11.9 Å². The van der Waals surface area contributed by atoms with Gasteiger partial charge in [0.25, 0.3) is 5.89 Å². The highest BCUT2D eigenvalue weighted by Crippen LogP contribution is 2.22. The van der Waals surface area contributed by atoms with Crippen LogP contribution in [0.15, 0.2) is 28.8 Å². The molecule has 2 rings (SSSR count). The summed E-state index contributed by atoms with van der Waals surface area (Å²) in [7, 11) is 0. The molecule has 1 aromatic carbocycles. The molecule has 0 radical (unpaired) electrons. The Morgan fingerprint density at radius 2 is 2.29 bits per heavy atom. The van der Waals surface area contributed by atoms with Crippen molar-refractivity contribution in [3.05, 3.63) is 30.2 Å². The van der Waals surface area contributed by atoms with Gasteiger partial charge in [-0.1, -0.05) is 17.3 Å². The lowest BCUT2D eigenvalue weighted by molar-refractivity contribution is 0.152. The van der Waals surface area contributed by atoms with Crippen LogP contribution in [0.4, 0.5) is 0 Å². The minimum Gasteiger partial charge on any atom is -0.494 e. The summed E-state index contributed by atoms with van der Waals surface area (Å²) in [5, 5.41) is 13.1. The van der Waals surface area contributed by atoms with Gasteiger partial charge in [-0.2, -0.15) is 4.98 Å². The van der Waals surface area contributed by atoms with Gasteiger partial charge < -0.3 is 14.4 Å². The van der Waals surface area contributed by atoms with Gasteiger partial charge >= 0.3 is 0 Å². The molecule has 1 aromatic heterocycles. The van der Waals surface area contributed by atoms with E-state index in [-0.39, 0.29) is 5.89 Å². The van der Waals surface area contributed by atoms with E-state index in [1.165, 1.54) is 0 Å². The molecule has 1 N–H and O–H groups in total. The maximum atomic E-state index is 9.30. The van der Waals surface area contributed by atoms with Crippen LogP contribution < -0.4 is 4.74 Å². The van der Waals surface area contributed by atoms with Crippen LogP contribution in [0.1, 0.15) is 25.8 Å². The van der Waals surface area contributed by atoms with Gasteiger partial charge in [-0.15, -0.1) is 0 Å². The Morgan fingerprint density at radius 1 is 1.47 bits per heavy atom. The first kappa shape index (κ1) is 11.6. The number of aliphatic hydroxyl groups is 1. The predicted molar refractivity (Wildman–Crippen MR) is 61.5 cm³/mol. The van der Waals surface area contributed by atoms with Crippen LogP contribution in [0, 0.1) is 0 Å². The number of benzene rings is 1. The molecule has 0 amide bonds. The molecule has 0 aliphatic heterocycles. The molecule has 1 heterocycles. The van der Waals surface area contributed by atoms with Gasteiger partial charge in [-0.25, -0.2) is 0 Å². The van der Waals surface area contributed by atoms with Gasteiger partial charge in [0.05, 0.1) is 6.61 Å². The van der Waals surface area contributed by atoms with Crippen LogP contribution in [0.5, 0.6) is 5.75 Å². The summed E-state index contributed by atoms with van der Waals surface area (Å²) >= 11 is 0. The van der Waals surface area contributed by atoms with Crippen LogP contribution in [0.3, 0.4) is 0 Å². The van der Waals surface area contributed by atoms with Crippen LogP contribution in [-0.2, 0) is 0 Å². The Hall–Kier alpha value is -1.88. The van der Waals surface area contributed by atoms with E-state index in [9.17, 15) is 5.11 Å². The number of hydrogen-bond donors (Lipinski definition) is 1. The second kappa shape index (κ2) is 4.97. The van der Waals surface area contributed by atoms with Crippen molar-refractivity contribution in [2.24, 2.45) is 0 Å². The quantitative estimate of drug-likeness (QED) is 0.878. The third-order valence-corrected chi connectivity index (χ3v) is 2.20. The van der Waals surface area contributed by atoms with Crippen LogP contribution >= 0.6 is 0 Å². The summed E-state index contributed by atoms with van der Waals surface area (Å²) in [4.78, 5) is 4.10. The number of nitrogens with zero attached hydrogens (tertiary/aromatic N) is 2. The Kier molecular flexibility index (Phi) is 3.39. The molecule has 0 aliphatic rings. The number of hydrogen-bond acceptors (Lipinski definition) is 5. The first-order valence-corrected chi connectivity index (χ1v) is 5.45. The molecular weight excluding hydrogens is 220 g/mol. The van der Waals surface area contributed by atoms with Crippen molar-refractivity contribution in [2.45, 2.75) is 20.0 Å². The monoisotopic (exact) mass is 234 g/mol. The molecule has 0 saturated carbocycles. The summed E-state index contributed by atoms with van der Waals surface area (Å²) in [6.45, 7) is 4.11. The van der Waals surface area contributed by atoms with Gasteiger partial charge in [0.15, 0.2) is 0 Å². The topological polar surface area (TPSA) is 68.4 Å². The standard InChI is InChI=1S/C12H14N2O3/c1-3-16-10-6-4-5-9(7-10)11-13-12(8(2)15)17-14-11/h4-8,15H,3H2,1-2H3. The van der Waals surface area contributed by atoms with E-state index in [4.69, 9.17) is 9.26 Å². The van der Waals surface area contributed by atoms with Crippen molar-refractivity contribution in [1.29, 1.82) is 0 Å². The summed E-state index contributed by atoms with van der Waals surface area (Å²) in [6.07, 6.45) is -0.758. The van der Waals surface area contributed by atoms with E-state index < -0.39 is 6.10 Å². The van der Waals surface area contributed by atoms with Crippen LogP contribution in [0.25, 0.3) is 11.4 Å². The fourth-order valence-electron chi connectivity index (χ4n) is 1.41. The van der Waals surface area contributed by atoms with E-state index in [1.807, 2.05) is 31.2 Å². The predicted octanol–water partition coefficient (Wildman–Crippen LogP) is 2.19. The molecular formula is C12H14N2O3. The Morgan fingerprint density at radius 3 is 2.94 bits per heavy atom. The molecule has 2 aromatic rings. The molecule has 0 fully saturated rings. The average molecular weight is 234 g/mol. The Bertz CT molecular complexity index is 494. The zero-order valence-corrected chi connectivity index (χ0v) is 9.75. The van der Waals surface area contributed by atoms with Gasteiger partial charge in [-0.3, -0.25) is 0 Å². The number of aliphatic hydroxyl groups excluding tert-OH is 1. The fourth-order valence-corrected chi connectivity index (χ4v) is 1.41. The van der Waals surface area contributed by atoms with E-state index in [2.05, 4.69) is 10.1 Å². The van der Waals surface area contributed by atoms with E-state index in [0.717, 1.165) is 11.3 Å². The third-order valence-electron chi connectivity index (χ3n) is 2.20. The van der Waals surface area contributed by atoms with Crippen molar-refractivity contribution in [3.8, 4) is 17.1 Å². The molecule has 17 heavy (non-hydrogen) atoms. The van der Waals surface area contributed by atoms with Gasteiger partial charge in [0.2, 0.25) is 5.82 Å². The number of rotatable bonds is 4. The Labute approximate surface area is 99.0 Å². The van der Waals surface area contributed by atoms with Crippen molar-refractivity contribution in [3.63, 3.8) is 0 Å². The van der Waals surface area contributed by atoms with Crippen LogP contribution in [-0.4, -0.2) is 21.9 Å². The molecule has 90 valence electrons. The second-order valence-corrected chi connectivity index (χ2v) is 3.59. The van der Waals surface area contributed by atoms with Crippen molar-refractivity contribution >= 4 is 0 Å². The summed E-state index contributed by atoms with van der Waals surface area (Å²) in [5.41, 5.74) is 0.798. The van der Waals surface area contributed by atoms with Gasteiger partial charge in [0, 0.05) is 5.56 Å². The molecule has 5 nitrogen and oxygen atoms in total. The molecule has 1 unspecified atom stereocenters. The molecule has 0 spiro atoms. The smallest absolute Gasteiger partial charge is 0.255 e. The van der Waals surface area contributed by atoms with E-state index >= 15 is 0 Å². The molecule has 0 aliphatic carbocycles. The van der Waals surface area contributed by atoms with Gasteiger partial charge in [-0.05, 0) is 26.0 Å². The normalized spacial score (nSPS) is 12.4. The zero-order chi connectivity index (χ0) is 12.3. The van der Waals surface area contributed by atoms with Crippen molar-refractivity contribution in [1.82, 2.24) is 10.1 Å². The summed E-state index contributed by atoms with van der Waals surface area (Å²) in [6, 6.07) is 7.42. The lowest BCUT2D eigenvalue weighted by Crippen LogP contribution is -1.92. The first-order chi connectivity index (χ1) is 8.20.